The number of nitrogens with one attached hydrogen (secondary N) is 1. The van der Waals surface area contributed by atoms with Crippen LogP contribution in [0.25, 0.3) is 0 Å². The van der Waals surface area contributed by atoms with Crippen LogP contribution < -0.4 is 10.1 Å². The molecule has 0 radical (unpaired) electrons. The zero-order chi connectivity index (χ0) is 14.3. The van der Waals surface area contributed by atoms with E-state index in [0.717, 1.165) is 25.1 Å². The Morgan fingerprint density at radius 1 is 1.35 bits per heavy atom. The Labute approximate surface area is 120 Å². The summed E-state index contributed by atoms with van der Waals surface area (Å²) in [6.45, 7) is 4.17. The highest BCUT2D eigenvalue weighted by atomic mass is 32.2. The highest BCUT2D eigenvalue weighted by Gasteiger charge is 2.44. The van der Waals surface area contributed by atoms with Crippen molar-refractivity contribution >= 4 is 10.0 Å². The average molecular weight is 296 g/mol. The smallest absolute Gasteiger partial charge is 0.247 e. The lowest BCUT2D eigenvalue weighted by molar-refractivity contribution is 0.372. The van der Waals surface area contributed by atoms with Gasteiger partial charge in [0.05, 0.1) is 7.11 Å². The summed E-state index contributed by atoms with van der Waals surface area (Å²) in [6.07, 6.45) is 0.936. The fourth-order valence-electron chi connectivity index (χ4n) is 3.22. The standard InChI is InChI=1S/C14H20N2O3S/c1-10-3-4-13(19-2)14(7-10)20(17,18)16-6-5-11-8-15-9-12(11)16/h3-4,7,11-12,15H,5-6,8-9H2,1-2H3/t11-,12+/m0/s1. The van der Waals surface area contributed by atoms with Gasteiger partial charge in [-0.25, -0.2) is 8.42 Å². The first-order valence-corrected chi connectivity index (χ1v) is 8.35. The van der Waals surface area contributed by atoms with Gasteiger partial charge in [-0.2, -0.15) is 4.31 Å². The zero-order valence-electron chi connectivity index (χ0n) is 11.8. The number of hydrogen-bond acceptors (Lipinski definition) is 4. The van der Waals surface area contributed by atoms with Crippen LogP contribution in [0.4, 0.5) is 0 Å². The van der Waals surface area contributed by atoms with Gasteiger partial charge in [0, 0.05) is 19.1 Å². The first kappa shape index (κ1) is 13.9. The van der Waals surface area contributed by atoms with E-state index in [4.69, 9.17) is 4.74 Å². The van der Waals surface area contributed by atoms with Gasteiger partial charge in [-0.05, 0) is 43.5 Å². The molecule has 0 unspecified atom stereocenters. The summed E-state index contributed by atoms with van der Waals surface area (Å²) in [4.78, 5) is 0.285. The maximum atomic E-state index is 12.9. The fraction of sp³-hybridized carbons (Fsp3) is 0.571. The molecule has 1 N–H and O–H groups in total. The first-order chi connectivity index (χ1) is 9.54. The molecule has 6 heteroatoms. The maximum Gasteiger partial charge on any atom is 0.247 e. The maximum absolute atomic E-state index is 12.9. The second-order valence-corrected chi connectivity index (χ2v) is 7.40. The number of ether oxygens (including phenoxy) is 1. The van der Waals surface area contributed by atoms with E-state index in [-0.39, 0.29) is 10.9 Å². The Balaban J connectivity index is 2.02. The van der Waals surface area contributed by atoms with Crippen LogP contribution in [-0.2, 0) is 10.0 Å². The molecule has 20 heavy (non-hydrogen) atoms. The minimum Gasteiger partial charge on any atom is -0.495 e. The van der Waals surface area contributed by atoms with Crippen molar-refractivity contribution in [3.8, 4) is 5.75 Å². The van der Waals surface area contributed by atoms with E-state index in [0.29, 0.717) is 18.2 Å². The molecule has 3 rings (SSSR count). The van der Waals surface area contributed by atoms with Crippen LogP contribution in [0, 0.1) is 12.8 Å². The van der Waals surface area contributed by atoms with Crippen LogP contribution in [0.5, 0.6) is 5.75 Å². The van der Waals surface area contributed by atoms with Gasteiger partial charge in [0.15, 0.2) is 0 Å². The normalized spacial score (nSPS) is 26.7. The highest BCUT2D eigenvalue weighted by molar-refractivity contribution is 7.89. The van der Waals surface area contributed by atoms with Gasteiger partial charge < -0.3 is 10.1 Å². The van der Waals surface area contributed by atoms with E-state index < -0.39 is 10.0 Å². The first-order valence-electron chi connectivity index (χ1n) is 6.91. The second-order valence-electron chi connectivity index (χ2n) is 5.54. The van der Waals surface area contributed by atoms with Crippen molar-refractivity contribution in [2.45, 2.75) is 24.3 Å². The molecule has 2 saturated heterocycles. The number of benzene rings is 1. The van der Waals surface area contributed by atoms with E-state index in [1.54, 1.807) is 16.4 Å². The fourth-order valence-corrected chi connectivity index (χ4v) is 5.16. The Bertz CT molecular complexity index is 615. The number of aryl methyl sites for hydroxylation is 1. The van der Waals surface area contributed by atoms with Crippen LogP contribution in [0.1, 0.15) is 12.0 Å². The van der Waals surface area contributed by atoms with Crippen LogP contribution in [0.3, 0.4) is 0 Å². The molecule has 2 heterocycles. The SMILES string of the molecule is COc1ccc(C)cc1S(=O)(=O)N1CC[C@H]2CNC[C@H]21. The lowest BCUT2D eigenvalue weighted by Gasteiger charge is -2.24. The van der Waals surface area contributed by atoms with Gasteiger partial charge >= 0.3 is 0 Å². The van der Waals surface area contributed by atoms with Crippen molar-refractivity contribution in [3.05, 3.63) is 23.8 Å². The predicted octanol–water partition coefficient (Wildman–Crippen LogP) is 0.986. The number of methoxy groups -OCH3 is 1. The molecule has 2 aliphatic rings. The molecule has 2 fully saturated rings. The third kappa shape index (κ3) is 2.12. The van der Waals surface area contributed by atoms with E-state index in [2.05, 4.69) is 5.32 Å². The minimum absolute atomic E-state index is 0.0882. The third-order valence-corrected chi connectivity index (χ3v) is 6.25. The molecule has 1 aromatic rings. The Morgan fingerprint density at radius 2 is 2.15 bits per heavy atom. The summed E-state index contributed by atoms with van der Waals surface area (Å²) in [5.41, 5.74) is 0.921. The van der Waals surface area contributed by atoms with Crippen LogP contribution in [0.2, 0.25) is 0 Å². The van der Waals surface area contributed by atoms with E-state index in [1.165, 1.54) is 7.11 Å². The summed E-state index contributed by atoms with van der Waals surface area (Å²) in [6, 6.07) is 5.37. The Morgan fingerprint density at radius 3 is 2.90 bits per heavy atom. The lowest BCUT2D eigenvalue weighted by atomic mass is 10.1. The molecule has 0 aliphatic carbocycles. The van der Waals surface area contributed by atoms with Gasteiger partial charge in [0.25, 0.3) is 0 Å². The van der Waals surface area contributed by atoms with Crippen molar-refractivity contribution in [2.24, 2.45) is 5.92 Å². The average Bonchev–Trinajstić information content (AvgIpc) is 3.00. The molecule has 5 nitrogen and oxygen atoms in total. The number of hydrogen-bond donors (Lipinski definition) is 1. The molecule has 0 saturated carbocycles. The van der Waals surface area contributed by atoms with E-state index in [9.17, 15) is 8.42 Å². The largest absolute Gasteiger partial charge is 0.495 e. The predicted molar refractivity (Wildman–Crippen MR) is 76.4 cm³/mol. The summed E-state index contributed by atoms with van der Waals surface area (Å²) < 4.78 is 32.7. The van der Waals surface area contributed by atoms with Gasteiger partial charge in [0.2, 0.25) is 10.0 Å². The summed E-state index contributed by atoms with van der Waals surface area (Å²) in [5.74, 6) is 0.866. The summed E-state index contributed by atoms with van der Waals surface area (Å²) in [5, 5.41) is 3.28. The molecule has 1 aromatic carbocycles. The van der Waals surface area contributed by atoms with Crippen molar-refractivity contribution in [1.29, 1.82) is 0 Å². The molecule has 0 amide bonds. The molecular formula is C14H20N2O3S. The number of fused-ring (bicyclic) bond motifs is 1. The van der Waals surface area contributed by atoms with E-state index in [1.807, 2.05) is 13.0 Å². The van der Waals surface area contributed by atoms with Gasteiger partial charge in [-0.1, -0.05) is 6.07 Å². The summed E-state index contributed by atoms with van der Waals surface area (Å²) >= 11 is 0. The van der Waals surface area contributed by atoms with Crippen LogP contribution in [-0.4, -0.2) is 45.5 Å². The molecule has 2 aliphatic heterocycles. The van der Waals surface area contributed by atoms with Crippen molar-refractivity contribution in [2.75, 3.05) is 26.7 Å². The third-order valence-electron chi connectivity index (χ3n) is 4.30. The van der Waals surface area contributed by atoms with Gasteiger partial charge in [0.1, 0.15) is 10.6 Å². The number of nitrogens with zero attached hydrogens (tertiary/aromatic N) is 1. The number of sulfonamides is 1. The monoisotopic (exact) mass is 296 g/mol. The molecular weight excluding hydrogens is 276 g/mol. The van der Waals surface area contributed by atoms with Crippen molar-refractivity contribution in [3.63, 3.8) is 0 Å². The van der Waals surface area contributed by atoms with Crippen LogP contribution >= 0.6 is 0 Å². The van der Waals surface area contributed by atoms with Crippen molar-refractivity contribution in [1.82, 2.24) is 9.62 Å². The molecule has 2 atom stereocenters. The molecule has 110 valence electrons. The van der Waals surface area contributed by atoms with Gasteiger partial charge in [-0.3, -0.25) is 0 Å². The highest BCUT2D eigenvalue weighted by Crippen LogP contribution is 2.35. The molecule has 0 bridgehead atoms. The second kappa shape index (κ2) is 5.02. The topological polar surface area (TPSA) is 58.6 Å². The zero-order valence-corrected chi connectivity index (χ0v) is 12.6. The van der Waals surface area contributed by atoms with Crippen molar-refractivity contribution < 1.29 is 13.2 Å². The number of rotatable bonds is 3. The summed E-state index contributed by atoms with van der Waals surface area (Å²) in [7, 11) is -1.98. The van der Waals surface area contributed by atoms with E-state index >= 15 is 0 Å². The quantitative estimate of drug-likeness (QED) is 0.903. The van der Waals surface area contributed by atoms with Gasteiger partial charge in [-0.15, -0.1) is 0 Å². The Hall–Kier alpha value is -1.11. The lowest BCUT2D eigenvalue weighted by Crippen LogP contribution is -2.39. The molecule has 0 spiro atoms. The minimum atomic E-state index is -3.49. The Kier molecular flexibility index (Phi) is 3.48. The molecule has 0 aromatic heterocycles. The van der Waals surface area contributed by atoms with Crippen LogP contribution in [0.15, 0.2) is 23.1 Å².